The molecule has 144 valence electrons. The summed E-state index contributed by atoms with van der Waals surface area (Å²) in [4.78, 5) is 4.77. The molecule has 0 radical (unpaired) electrons. The van der Waals surface area contributed by atoms with Gasteiger partial charge in [-0.15, -0.1) is 0 Å². The number of aromatic nitrogens is 2. The summed E-state index contributed by atoms with van der Waals surface area (Å²) in [7, 11) is 2.07. The van der Waals surface area contributed by atoms with Crippen molar-refractivity contribution in [1.29, 1.82) is 0 Å². The maximum atomic E-state index is 5.61. The highest BCUT2D eigenvalue weighted by atomic mass is 15.0. The lowest BCUT2D eigenvalue weighted by Gasteiger charge is -2.04. The largest absolute Gasteiger partial charge is 0.337 e. The summed E-state index contributed by atoms with van der Waals surface area (Å²) in [5, 5.41) is 0. The monoisotopic (exact) mass is 355 g/mol. The number of imidazole rings is 1. The van der Waals surface area contributed by atoms with Gasteiger partial charge in [0.15, 0.2) is 0 Å². The van der Waals surface area contributed by atoms with Gasteiger partial charge in [-0.25, -0.2) is 4.98 Å². The van der Waals surface area contributed by atoms with Crippen molar-refractivity contribution in [2.75, 3.05) is 6.54 Å². The van der Waals surface area contributed by atoms with E-state index in [9.17, 15) is 0 Å². The van der Waals surface area contributed by atoms with Crippen LogP contribution in [0.3, 0.4) is 0 Å². The van der Waals surface area contributed by atoms with E-state index in [1.54, 1.807) is 0 Å². The highest BCUT2D eigenvalue weighted by molar-refractivity contribution is 5.59. The van der Waals surface area contributed by atoms with E-state index in [0.717, 1.165) is 30.9 Å². The summed E-state index contributed by atoms with van der Waals surface area (Å²) in [5.74, 6) is 1.12. The predicted molar refractivity (Wildman–Crippen MR) is 112 cm³/mol. The Balaban J connectivity index is 1.74. The molecular formula is C23H37N3. The zero-order valence-electron chi connectivity index (χ0n) is 16.8. The molecule has 0 spiro atoms. The van der Waals surface area contributed by atoms with E-state index < -0.39 is 0 Å². The van der Waals surface area contributed by atoms with Crippen LogP contribution < -0.4 is 5.73 Å². The molecule has 0 unspecified atom stereocenters. The molecule has 0 bridgehead atoms. The van der Waals surface area contributed by atoms with E-state index in [4.69, 9.17) is 10.7 Å². The van der Waals surface area contributed by atoms with Gasteiger partial charge in [-0.2, -0.15) is 0 Å². The van der Waals surface area contributed by atoms with E-state index >= 15 is 0 Å². The summed E-state index contributed by atoms with van der Waals surface area (Å²) in [5.41, 5.74) is 9.33. The molecule has 0 aliphatic rings. The minimum atomic E-state index is 0.718. The van der Waals surface area contributed by atoms with Gasteiger partial charge in [-0.3, -0.25) is 0 Å². The van der Waals surface area contributed by atoms with Crippen molar-refractivity contribution in [3.05, 3.63) is 41.9 Å². The third-order valence-electron chi connectivity index (χ3n) is 5.15. The molecule has 0 fully saturated rings. The van der Waals surface area contributed by atoms with Gasteiger partial charge in [0.2, 0.25) is 0 Å². The molecule has 1 heterocycles. The normalized spacial score (nSPS) is 11.2. The first-order valence-corrected chi connectivity index (χ1v) is 10.6. The van der Waals surface area contributed by atoms with Crippen LogP contribution >= 0.6 is 0 Å². The third-order valence-corrected chi connectivity index (χ3v) is 5.15. The van der Waals surface area contributed by atoms with Crippen LogP contribution in [0.4, 0.5) is 0 Å². The van der Waals surface area contributed by atoms with E-state index in [0.29, 0.717) is 0 Å². The van der Waals surface area contributed by atoms with Gasteiger partial charge >= 0.3 is 0 Å². The van der Waals surface area contributed by atoms with Gasteiger partial charge in [-0.05, 0) is 31.4 Å². The zero-order valence-corrected chi connectivity index (χ0v) is 16.8. The maximum absolute atomic E-state index is 5.61. The second kappa shape index (κ2) is 11.9. The summed E-state index contributed by atoms with van der Waals surface area (Å²) in [6.07, 6.45) is 16.3. The molecule has 0 aliphatic heterocycles. The Hall–Kier alpha value is -1.61. The SMILES string of the molecule is CCCCCCCCCCc1ccc(-c2cn(C)c(CCCN)n2)cc1. The number of benzene rings is 1. The van der Waals surface area contributed by atoms with Crippen molar-refractivity contribution >= 4 is 0 Å². The van der Waals surface area contributed by atoms with Crippen molar-refractivity contribution in [1.82, 2.24) is 9.55 Å². The number of nitrogens with zero attached hydrogens (tertiary/aromatic N) is 2. The molecule has 2 aromatic rings. The molecule has 3 nitrogen and oxygen atoms in total. The smallest absolute Gasteiger partial charge is 0.109 e. The first-order valence-electron chi connectivity index (χ1n) is 10.6. The molecule has 1 aromatic heterocycles. The topological polar surface area (TPSA) is 43.8 Å². The van der Waals surface area contributed by atoms with Crippen molar-refractivity contribution in [2.45, 2.75) is 77.6 Å². The van der Waals surface area contributed by atoms with Gasteiger partial charge in [0.05, 0.1) is 5.69 Å². The fourth-order valence-electron chi connectivity index (χ4n) is 3.44. The lowest BCUT2D eigenvalue weighted by atomic mass is 10.0. The van der Waals surface area contributed by atoms with Gasteiger partial charge in [0.25, 0.3) is 0 Å². The molecule has 26 heavy (non-hydrogen) atoms. The van der Waals surface area contributed by atoms with Crippen LogP contribution in [-0.4, -0.2) is 16.1 Å². The summed E-state index contributed by atoms with van der Waals surface area (Å²) in [6, 6.07) is 8.97. The minimum Gasteiger partial charge on any atom is -0.337 e. The van der Waals surface area contributed by atoms with Crippen LogP contribution in [0.15, 0.2) is 30.5 Å². The second-order valence-corrected chi connectivity index (χ2v) is 7.47. The molecule has 0 atom stereocenters. The Morgan fingerprint density at radius 1 is 0.846 bits per heavy atom. The molecule has 2 N–H and O–H groups in total. The van der Waals surface area contributed by atoms with Crippen LogP contribution in [0, 0.1) is 0 Å². The Kier molecular flexibility index (Phi) is 9.47. The minimum absolute atomic E-state index is 0.718. The highest BCUT2D eigenvalue weighted by Crippen LogP contribution is 2.20. The molecule has 2 rings (SSSR count). The quantitative estimate of drug-likeness (QED) is 0.471. The van der Waals surface area contributed by atoms with E-state index in [1.807, 2.05) is 0 Å². The Morgan fingerprint density at radius 3 is 2.15 bits per heavy atom. The van der Waals surface area contributed by atoms with Crippen LogP contribution in [0.25, 0.3) is 11.3 Å². The molecule has 0 aliphatic carbocycles. The molecular weight excluding hydrogens is 318 g/mol. The van der Waals surface area contributed by atoms with E-state index in [2.05, 4.69) is 49.0 Å². The molecule has 0 saturated heterocycles. The van der Waals surface area contributed by atoms with Crippen molar-refractivity contribution < 1.29 is 0 Å². The third kappa shape index (κ3) is 6.95. The standard InChI is InChI=1S/C23H37N3/c1-3-4-5-6-7-8-9-10-12-20-14-16-21(17-15-20)22-19-26(2)23(25-22)13-11-18-24/h14-17,19H,3-13,18,24H2,1-2H3. The van der Waals surface area contributed by atoms with Crippen LogP contribution in [-0.2, 0) is 19.9 Å². The number of nitrogens with two attached hydrogens (primary N) is 1. The summed E-state index contributed by atoms with van der Waals surface area (Å²) < 4.78 is 2.12. The molecule has 1 aromatic carbocycles. The Labute approximate surface area is 160 Å². The lowest BCUT2D eigenvalue weighted by molar-refractivity contribution is 0.575. The first-order chi connectivity index (χ1) is 12.7. The highest BCUT2D eigenvalue weighted by Gasteiger charge is 2.07. The fourth-order valence-corrected chi connectivity index (χ4v) is 3.44. The number of unbranched alkanes of at least 4 members (excludes halogenated alkanes) is 7. The average molecular weight is 356 g/mol. The van der Waals surface area contributed by atoms with Crippen molar-refractivity contribution in [2.24, 2.45) is 12.8 Å². The number of rotatable bonds is 13. The van der Waals surface area contributed by atoms with Crippen molar-refractivity contribution in [3.8, 4) is 11.3 Å². The van der Waals surface area contributed by atoms with Gasteiger partial charge in [0, 0.05) is 25.2 Å². The van der Waals surface area contributed by atoms with Crippen LogP contribution in [0.2, 0.25) is 0 Å². The van der Waals surface area contributed by atoms with E-state index in [-0.39, 0.29) is 0 Å². The number of hydrogen-bond acceptors (Lipinski definition) is 2. The second-order valence-electron chi connectivity index (χ2n) is 7.47. The molecule has 3 heteroatoms. The van der Waals surface area contributed by atoms with Crippen molar-refractivity contribution in [3.63, 3.8) is 0 Å². The first kappa shape index (κ1) is 20.7. The molecule has 0 saturated carbocycles. The Bertz CT molecular complexity index is 613. The predicted octanol–water partition coefficient (Wildman–Crippen LogP) is 5.66. The zero-order chi connectivity index (χ0) is 18.6. The lowest BCUT2D eigenvalue weighted by Crippen LogP contribution is -2.04. The number of hydrogen-bond donors (Lipinski definition) is 1. The fraction of sp³-hybridized carbons (Fsp3) is 0.609. The van der Waals surface area contributed by atoms with Gasteiger partial charge in [-0.1, -0.05) is 76.1 Å². The molecule has 0 amide bonds. The maximum Gasteiger partial charge on any atom is 0.109 e. The van der Waals surface area contributed by atoms with Gasteiger partial charge in [0.1, 0.15) is 5.82 Å². The summed E-state index contributed by atoms with van der Waals surface area (Å²) in [6.45, 7) is 3.00. The Morgan fingerprint density at radius 2 is 1.50 bits per heavy atom. The van der Waals surface area contributed by atoms with Gasteiger partial charge < -0.3 is 10.3 Å². The number of aryl methyl sites for hydroxylation is 3. The van der Waals surface area contributed by atoms with Crippen LogP contribution in [0.1, 0.15) is 76.1 Å². The van der Waals surface area contributed by atoms with E-state index in [1.165, 1.54) is 68.9 Å². The summed E-state index contributed by atoms with van der Waals surface area (Å²) >= 11 is 0. The van der Waals surface area contributed by atoms with Crippen LogP contribution in [0.5, 0.6) is 0 Å². The average Bonchev–Trinajstić information content (AvgIpc) is 3.03.